The van der Waals surface area contributed by atoms with Gasteiger partial charge in [0.25, 0.3) is 0 Å². The lowest BCUT2D eigenvalue weighted by Gasteiger charge is -2.01. The maximum atomic E-state index is 10.7. The van der Waals surface area contributed by atoms with E-state index in [1.54, 1.807) is 0 Å². The van der Waals surface area contributed by atoms with Gasteiger partial charge in [-0.1, -0.05) is 6.58 Å². The first-order valence-electron chi connectivity index (χ1n) is 3.45. The Kier molecular flexibility index (Phi) is 8.09. The summed E-state index contributed by atoms with van der Waals surface area (Å²) in [6.45, 7) is 2.47. The molecule has 0 bridgehead atoms. The molecule has 0 fully saturated rings. The predicted molar refractivity (Wildman–Crippen MR) is 47.5 cm³/mol. The van der Waals surface area contributed by atoms with Crippen LogP contribution in [0, 0.1) is 0 Å². The summed E-state index contributed by atoms with van der Waals surface area (Å²) in [6.07, 6.45) is 1.02. The van der Waals surface area contributed by atoms with Crippen LogP contribution in [0.15, 0.2) is 12.7 Å². The SMILES string of the molecule is C=CC(=O)NCC(=O)NCC(=O)O.O. The Hall–Kier alpha value is -1.89. The average Bonchev–Trinajstić information content (AvgIpc) is 2.10. The van der Waals surface area contributed by atoms with Crippen LogP contribution in [-0.4, -0.2) is 41.5 Å². The molecule has 14 heavy (non-hydrogen) atoms. The smallest absolute Gasteiger partial charge is 0.322 e. The Balaban J connectivity index is 0. The van der Waals surface area contributed by atoms with Gasteiger partial charge in [-0.05, 0) is 6.08 Å². The maximum absolute atomic E-state index is 10.7. The highest BCUT2D eigenvalue weighted by molar-refractivity contribution is 5.91. The van der Waals surface area contributed by atoms with E-state index in [0.717, 1.165) is 6.08 Å². The lowest BCUT2D eigenvalue weighted by molar-refractivity contribution is -0.137. The molecule has 0 saturated heterocycles. The van der Waals surface area contributed by atoms with Crippen molar-refractivity contribution in [3.8, 4) is 0 Å². The van der Waals surface area contributed by atoms with E-state index in [1.807, 2.05) is 0 Å². The van der Waals surface area contributed by atoms with Gasteiger partial charge in [0.05, 0.1) is 6.54 Å². The molecule has 0 spiro atoms. The van der Waals surface area contributed by atoms with Gasteiger partial charge in [-0.2, -0.15) is 0 Å². The Labute approximate surface area is 80.1 Å². The van der Waals surface area contributed by atoms with Crippen LogP contribution < -0.4 is 10.6 Å². The summed E-state index contributed by atoms with van der Waals surface area (Å²) in [5.41, 5.74) is 0. The number of amides is 2. The van der Waals surface area contributed by atoms with Crippen molar-refractivity contribution in [2.45, 2.75) is 0 Å². The molecule has 0 aromatic carbocycles. The zero-order valence-electron chi connectivity index (χ0n) is 7.37. The van der Waals surface area contributed by atoms with Crippen LogP contribution in [0.3, 0.4) is 0 Å². The summed E-state index contributed by atoms with van der Waals surface area (Å²) in [7, 11) is 0. The molecule has 80 valence electrons. The molecule has 0 aromatic rings. The number of carbonyl (C=O) groups is 3. The van der Waals surface area contributed by atoms with Crippen molar-refractivity contribution in [1.82, 2.24) is 10.6 Å². The first-order chi connectivity index (χ1) is 6.06. The molecule has 7 heteroatoms. The van der Waals surface area contributed by atoms with Crippen molar-refractivity contribution in [2.75, 3.05) is 13.1 Å². The van der Waals surface area contributed by atoms with E-state index in [4.69, 9.17) is 5.11 Å². The largest absolute Gasteiger partial charge is 0.480 e. The number of carboxylic acid groups (broad SMARTS) is 1. The summed E-state index contributed by atoms with van der Waals surface area (Å²) < 4.78 is 0. The third-order valence-electron chi connectivity index (χ3n) is 1.05. The summed E-state index contributed by atoms with van der Waals surface area (Å²) in [6, 6.07) is 0. The molecule has 2 amide bonds. The first-order valence-corrected chi connectivity index (χ1v) is 3.45. The zero-order chi connectivity index (χ0) is 10.3. The lowest BCUT2D eigenvalue weighted by Crippen LogP contribution is -2.38. The Morgan fingerprint density at radius 2 is 1.79 bits per heavy atom. The fourth-order valence-corrected chi connectivity index (χ4v) is 0.476. The molecule has 0 rings (SSSR count). The number of carboxylic acids is 1. The van der Waals surface area contributed by atoms with Crippen LogP contribution in [0.5, 0.6) is 0 Å². The van der Waals surface area contributed by atoms with E-state index in [9.17, 15) is 14.4 Å². The lowest BCUT2D eigenvalue weighted by atomic mass is 10.5. The van der Waals surface area contributed by atoms with Crippen LogP contribution in [0.25, 0.3) is 0 Å². The molecule has 0 unspecified atom stereocenters. The van der Waals surface area contributed by atoms with Gasteiger partial charge in [-0.25, -0.2) is 0 Å². The van der Waals surface area contributed by atoms with E-state index in [1.165, 1.54) is 0 Å². The molecule has 5 N–H and O–H groups in total. The zero-order valence-corrected chi connectivity index (χ0v) is 7.37. The molecule has 0 heterocycles. The summed E-state index contributed by atoms with van der Waals surface area (Å²) >= 11 is 0. The molecule has 0 atom stereocenters. The van der Waals surface area contributed by atoms with Gasteiger partial charge in [0.1, 0.15) is 6.54 Å². The second kappa shape index (κ2) is 7.74. The minimum Gasteiger partial charge on any atom is -0.480 e. The van der Waals surface area contributed by atoms with Crippen LogP contribution in [0.2, 0.25) is 0 Å². The van der Waals surface area contributed by atoms with E-state index in [-0.39, 0.29) is 12.0 Å². The van der Waals surface area contributed by atoms with Gasteiger partial charge in [-0.15, -0.1) is 0 Å². The van der Waals surface area contributed by atoms with Crippen molar-refractivity contribution < 1.29 is 25.0 Å². The van der Waals surface area contributed by atoms with Crippen LogP contribution in [0.4, 0.5) is 0 Å². The molecule has 0 aromatic heterocycles. The molecule has 0 aliphatic carbocycles. The topological polar surface area (TPSA) is 127 Å². The summed E-state index contributed by atoms with van der Waals surface area (Å²) in [5.74, 6) is -2.17. The monoisotopic (exact) mass is 204 g/mol. The molecule has 0 saturated carbocycles. The fourth-order valence-electron chi connectivity index (χ4n) is 0.476. The van der Waals surface area contributed by atoms with Crippen LogP contribution >= 0.6 is 0 Å². The highest BCUT2D eigenvalue weighted by atomic mass is 16.4. The van der Waals surface area contributed by atoms with Crippen molar-refractivity contribution in [1.29, 1.82) is 0 Å². The number of hydrogen-bond donors (Lipinski definition) is 3. The number of hydrogen-bond acceptors (Lipinski definition) is 3. The van der Waals surface area contributed by atoms with Crippen LogP contribution in [0.1, 0.15) is 0 Å². The van der Waals surface area contributed by atoms with E-state index < -0.39 is 24.3 Å². The number of nitrogens with one attached hydrogen (secondary N) is 2. The van der Waals surface area contributed by atoms with E-state index in [0.29, 0.717) is 0 Å². The highest BCUT2D eigenvalue weighted by Gasteiger charge is 2.03. The molecular formula is C7H12N2O5. The summed E-state index contributed by atoms with van der Waals surface area (Å²) in [4.78, 5) is 31.3. The van der Waals surface area contributed by atoms with Gasteiger partial charge in [0, 0.05) is 0 Å². The van der Waals surface area contributed by atoms with Gasteiger partial charge in [-0.3, -0.25) is 14.4 Å². The van der Waals surface area contributed by atoms with Gasteiger partial charge < -0.3 is 21.2 Å². The molecule has 0 aliphatic heterocycles. The second-order valence-corrected chi connectivity index (χ2v) is 2.09. The second-order valence-electron chi connectivity index (χ2n) is 2.09. The summed E-state index contributed by atoms with van der Waals surface area (Å²) in [5, 5.41) is 12.4. The molecule has 0 aliphatic rings. The van der Waals surface area contributed by atoms with Gasteiger partial charge in [0.2, 0.25) is 11.8 Å². The minimum atomic E-state index is -1.14. The standard InChI is InChI=1S/C7H10N2O4.H2O/c1-2-5(10)8-3-6(11)9-4-7(12)13;/h2H,1,3-4H2,(H,8,10)(H,9,11)(H,12,13);1H2. The van der Waals surface area contributed by atoms with E-state index in [2.05, 4.69) is 17.2 Å². The quantitative estimate of drug-likeness (QED) is 0.434. The van der Waals surface area contributed by atoms with Crippen molar-refractivity contribution >= 4 is 17.8 Å². The Morgan fingerprint density at radius 1 is 1.21 bits per heavy atom. The van der Waals surface area contributed by atoms with Gasteiger partial charge >= 0.3 is 5.97 Å². The van der Waals surface area contributed by atoms with E-state index >= 15 is 0 Å². The minimum absolute atomic E-state index is 0. The Morgan fingerprint density at radius 3 is 2.21 bits per heavy atom. The van der Waals surface area contributed by atoms with Crippen molar-refractivity contribution in [3.63, 3.8) is 0 Å². The maximum Gasteiger partial charge on any atom is 0.322 e. The number of carbonyl (C=O) groups excluding carboxylic acids is 2. The fraction of sp³-hybridized carbons (Fsp3) is 0.286. The average molecular weight is 204 g/mol. The third-order valence-corrected chi connectivity index (χ3v) is 1.05. The molecule has 0 radical (unpaired) electrons. The molecular weight excluding hydrogens is 192 g/mol. The number of aliphatic carboxylic acids is 1. The third kappa shape index (κ3) is 8.21. The normalized spacial score (nSPS) is 8.00. The van der Waals surface area contributed by atoms with Crippen molar-refractivity contribution in [3.05, 3.63) is 12.7 Å². The Bertz CT molecular complexity index is 238. The highest BCUT2D eigenvalue weighted by Crippen LogP contribution is 1.68. The predicted octanol–water partition coefficient (Wildman–Crippen LogP) is -2.34. The van der Waals surface area contributed by atoms with Crippen LogP contribution in [-0.2, 0) is 14.4 Å². The van der Waals surface area contributed by atoms with Crippen molar-refractivity contribution in [2.24, 2.45) is 0 Å². The number of rotatable bonds is 5. The molecule has 7 nitrogen and oxygen atoms in total. The van der Waals surface area contributed by atoms with Gasteiger partial charge in [0.15, 0.2) is 0 Å². The first kappa shape index (κ1) is 14.6.